The molecule has 0 saturated carbocycles. The summed E-state index contributed by atoms with van der Waals surface area (Å²) in [6.45, 7) is 3.91. The van der Waals surface area contributed by atoms with Crippen molar-refractivity contribution in [2.24, 2.45) is 0 Å². The Kier molecular flexibility index (Phi) is 4.13. The van der Waals surface area contributed by atoms with Crippen LogP contribution in [0.25, 0.3) is 17.1 Å². The van der Waals surface area contributed by atoms with Crippen LogP contribution in [-0.2, 0) is 4.79 Å². The molecule has 0 aliphatic heterocycles. The van der Waals surface area contributed by atoms with Crippen LogP contribution >= 0.6 is 0 Å². The van der Waals surface area contributed by atoms with E-state index in [0.29, 0.717) is 5.69 Å². The maximum atomic E-state index is 12.4. The monoisotopic (exact) mass is 316 g/mol. The molecular weight excluding hydrogens is 300 g/mol. The fourth-order valence-electron chi connectivity index (χ4n) is 2.54. The topological polar surface area (TPSA) is 81.6 Å². The molecule has 0 spiro atoms. The van der Waals surface area contributed by atoms with E-state index in [-0.39, 0.29) is 5.57 Å². The number of benzene rings is 1. The van der Waals surface area contributed by atoms with Crippen LogP contribution in [0, 0.1) is 25.2 Å². The van der Waals surface area contributed by atoms with E-state index < -0.39 is 5.91 Å². The van der Waals surface area contributed by atoms with Crippen molar-refractivity contribution in [3.05, 3.63) is 65.0 Å². The van der Waals surface area contributed by atoms with Gasteiger partial charge in [-0.3, -0.25) is 4.79 Å². The van der Waals surface area contributed by atoms with E-state index in [2.05, 4.69) is 15.3 Å². The predicted octanol–water partition coefficient (Wildman–Crippen LogP) is 3.73. The number of nitrogens with one attached hydrogen (secondary N) is 2. The van der Waals surface area contributed by atoms with E-state index in [9.17, 15) is 10.1 Å². The van der Waals surface area contributed by atoms with Gasteiger partial charge in [-0.1, -0.05) is 17.7 Å². The van der Waals surface area contributed by atoms with E-state index in [1.807, 2.05) is 50.2 Å². The first-order chi connectivity index (χ1) is 11.6. The molecule has 0 fully saturated rings. The second kappa shape index (κ2) is 6.39. The number of H-pyrrole nitrogens is 1. The van der Waals surface area contributed by atoms with Crippen LogP contribution in [0.5, 0.6) is 0 Å². The SMILES string of the molecule is Cc1ccc(NC(=O)/C(C#N)=C/c2c[nH]c3ncccc23)c(C)c1. The Morgan fingerprint density at radius 3 is 2.92 bits per heavy atom. The quantitative estimate of drug-likeness (QED) is 0.570. The molecule has 5 nitrogen and oxygen atoms in total. The lowest BCUT2D eigenvalue weighted by Crippen LogP contribution is -2.14. The molecule has 0 radical (unpaired) electrons. The lowest BCUT2D eigenvalue weighted by molar-refractivity contribution is -0.112. The smallest absolute Gasteiger partial charge is 0.266 e. The summed E-state index contributed by atoms with van der Waals surface area (Å²) in [5.74, 6) is -0.428. The molecule has 0 unspecified atom stereocenters. The summed E-state index contributed by atoms with van der Waals surface area (Å²) in [6, 6.07) is 11.4. The highest BCUT2D eigenvalue weighted by molar-refractivity contribution is 6.10. The van der Waals surface area contributed by atoms with E-state index in [1.165, 1.54) is 0 Å². The zero-order valence-corrected chi connectivity index (χ0v) is 13.4. The second-order valence-electron chi connectivity index (χ2n) is 5.59. The number of nitriles is 1. The van der Waals surface area contributed by atoms with Gasteiger partial charge in [0.1, 0.15) is 17.3 Å². The van der Waals surface area contributed by atoms with Crippen molar-refractivity contribution in [1.29, 1.82) is 5.26 Å². The third kappa shape index (κ3) is 3.03. The summed E-state index contributed by atoms with van der Waals surface area (Å²) < 4.78 is 0. The van der Waals surface area contributed by atoms with Gasteiger partial charge in [0, 0.05) is 29.0 Å². The number of carbonyl (C=O) groups excluding carboxylic acids is 1. The molecule has 0 aliphatic carbocycles. The summed E-state index contributed by atoms with van der Waals surface area (Å²) in [5.41, 5.74) is 4.29. The van der Waals surface area contributed by atoms with Crippen molar-refractivity contribution in [2.45, 2.75) is 13.8 Å². The van der Waals surface area contributed by atoms with Crippen LogP contribution < -0.4 is 5.32 Å². The Bertz CT molecular complexity index is 992. The number of hydrogen-bond donors (Lipinski definition) is 2. The minimum Gasteiger partial charge on any atom is -0.346 e. The van der Waals surface area contributed by atoms with Crippen LogP contribution in [0.4, 0.5) is 5.69 Å². The van der Waals surface area contributed by atoms with Crippen molar-refractivity contribution in [2.75, 3.05) is 5.32 Å². The van der Waals surface area contributed by atoms with E-state index in [1.54, 1.807) is 18.5 Å². The molecule has 118 valence electrons. The fourth-order valence-corrected chi connectivity index (χ4v) is 2.54. The Balaban J connectivity index is 1.90. The minimum absolute atomic E-state index is 0.0414. The average molecular weight is 316 g/mol. The largest absolute Gasteiger partial charge is 0.346 e. The van der Waals surface area contributed by atoms with Crippen LogP contribution in [0.2, 0.25) is 0 Å². The van der Waals surface area contributed by atoms with Crippen molar-refractivity contribution < 1.29 is 4.79 Å². The molecule has 0 bridgehead atoms. The number of aromatic nitrogens is 2. The van der Waals surface area contributed by atoms with E-state index >= 15 is 0 Å². The number of hydrogen-bond acceptors (Lipinski definition) is 3. The van der Waals surface area contributed by atoms with Gasteiger partial charge in [0.25, 0.3) is 5.91 Å². The predicted molar refractivity (Wildman–Crippen MR) is 94.2 cm³/mol. The van der Waals surface area contributed by atoms with Gasteiger partial charge in [-0.15, -0.1) is 0 Å². The van der Waals surface area contributed by atoms with Crippen molar-refractivity contribution in [3.8, 4) is 6.07 Å². The molecule has 2 N–H and O–H groups in total. The van der Waals surface area contributed by atoms with Gasteiger partial charge in [-0.05, 0) is 43.7 Å². The summed E-state index contributed by atoms with van der Waals surface area (Å²) in [4.78, 5) is 19.6. The van der Waals surface area contributed by atoms with Gasteiger partial charge >= 0.3 is 0 Å². The summed E-state index contributed by atoms with van der Waals surface area (Å²) in [6.07, 6.45) is 4.99. The Morgan fingerprint density at radius 1 is 1.33 bits per heavy atom. The maximum absolute atomic E-state index is 12.4. The highest BCUT2D eigenvalue weighted by atomic mass is 16.1. The lowest BCUT2D eigenvalue weighted by Gasteiger charge is -2.08. The molecule has 0 aliphatic rings. The fraction of sp³-hybridized carbons (Fsp3) is 0.105. The second-order valence-corrected chi connectivity index (χ2v) is 5.59. The Morgan fingerprint density at radius 2 is 2.17 bits per heavy atom. The van der Waals surface area contributed by atoms with Gasteiger partial charge in [0.2, 0.25) is 0 Å². The number of fused-ring (bicyclic) bond motifs is 1. The first-order valence-electron chi connectivity index (χ1n) is 7.51. The Labute approximate surface area is 139 Å². The van der Waals surface area contributed by atoms with E-state index in [4.69, 9.17) is 0 Å². The van der Waals surface area contributed by atoms with Crippen molar-refractivity contribution in [3.63, 3.8) is 0 Å². The molecule has 0 saturated heterocycles. The molecule has 24 heavy (non-hydrogen) atoms. The van der Waals surface area contributed by atoms with Gasteiger partial charge in [0.15, 0.2) is 0 Å². The standard InChI is InChI=1S/C19H16N4O/c1-12-5-6-17(13(2)8-12)23-19(24)14(10-20)9-15-11-22-18-16(15)4-3-7-21-18/h3-9,11H,1-2H3,(H,21,22)(H,23,24)/b14-9+. The number of nitrogens with zero attached hydrogens (tertiary/aromatic N) is 2. The number of pyridine rings is 1. The lowest BCUT2D eigenvalue weighted by atomic mass is 10.1. The first-order valence-corrected chi connectivity index (χ1v) is 7.51. The van der Waals surface area contributed by atoms with Crippen LogP contribution in [0.3, 0.4) is 0 Å². The van der Waals surface area contributed by atoms with Crippen LogP contribution in [0.15, 0.2) is 48.3 Å². The maximum Gasteiger partial charge on any atom is 0.266 e. The summed E-state index contributed by atoms with van der Waals surface area (Å²) >= 11 is 0. The summed E-state index contributed by atoms with van der Waals surface area (Å²) in [5, 5.41) is 13.0. The highest BCUT2D eigenvalue weighted by Crippen LogP contribution is 2.20. The van der Waals surface area contributed by atoms with Crippen LogP contribution in [0.1, 0.15) is 16.7 Å². The summed E-state index contributed by atoms with van der Waals surface area (Å²) in [7, 11) is 0. The van der Waals surface area contributed by atoms with Gasteiger partial charge in [-0.25, -0.2) is 4.98 Å². The normalized spacial score (nSPS) is 11.3. The Hall–Kier alpha value is -3.39. The van der Waals surface area contributed by atoms with Crippen LogP contribution in [-0.4, -0.2) is 15.9 Å². The number of amides is 1. The zero-order chi connectivity index (χ0) is 17.1. The molecule has 5 heteroatoms. The third-order valence-corrected chi connectivity index (χ3v) is 3.78. The van der Waals surface area contributed by atoms with E-state index in [0.717, 1.165) is 27.7 Å². The molecule has 0 atom stereocenters. The minimum atomic E-state index is -0.428. The van der Waals surface area contributed by atoms with Gasteiger partial charge < -0.3 is 10.3 Å². The van der Waals surface area contributed by atoms with Gasteiger partial charge in [-0.2, -0.15) is 5.26 Å². The van der Waals surface area contributed by atoms with Gasteiger partial charge in [0.05, 0.1) is 0 Å². The highest BCUT2D eigenvalue weighted by Gasteiger charge is 2.12. The number of aromatic amines is 1. The van der Waals surface area contributed by atoms with Crippen molar-refractivity contribution in [1.82, 2.24) is 9.97 Å². The number of rotatable bonds is 3. The molecule has 2 aromatic heterocycles. The third-order valence-electron chi connectivity index (χ3n) is 3.78. The molecule has 2 heterocycles. The molecule has 3 rings (SSSR count). The molecule has 3 aromatic rings. The molecule has 1 aromatic carbocycles. The average Bonchev–Trinajstić information content (AvgIpc) is 2.98. The van der Waals surface area contributed by atoms with Crippen molar-refractivity contribution >= 4 is 28.7 Å². The zero-order valence-electron chi connectivity index (χ0n) is 13.4. The molecule has 1 amide bonds. The molecular formula is C19H16N4O. The number of anilines is 1. The number of aryl methyl sites for hydroxylation is 2. The number of carbonyl (C=O) groups is 1. The first kappa shape index (κ1) is 15.5.